The number of phenolic OH excluding ortho intramolecular Hbond substituents is 1. The van der Waals surface area contributed by atoms with E-state index in [4.69, 9.17) is 5.11 Å². The number of carboxylic acids is 1. The van der Waals surface area contributed by atoms with E-state index in [9.17, 15) is 14.7 Å². The average molecular weight is 260 g/mol. The Morgan fingerprint density at radius 2 is 1.95 bits per heavy atom. The first-order chi connectivity index (χ1) is 9.06. The molecule has 0 saturated heterocycles. The molecule has 3 N–H and O–H groups in total. The normalized spacial score (nSPS) is 10.3. The van der Waals surface area contributed by atoms with Crippen LogP contribution < -0.4 is 5.56 Å². The van der Waals surface area contributed by atoms with Gasteiger partial charge in [-0.05, 0) is 30.7 Å². The van der Waals surface area contributed by atoms with Crippen molar-refractivity contribution in [1.82, 2.24) is 9.97 Å². The second-order valence-corrected chi connectivity index (χ2v) is 4.03. The highest BCUT2D eigenvalue weighted by Crippen LogP contribution is 2.17. The molecule has 0 aliphatic rings. The van der Waals surface area contributed by atoms with Gasteiger partial charge in [0.15, 0.2) is 0 Å². The molecule has 0 atom stereocenters. The molecule has 98 valence electrons. The quantitative estimate of drug-likeness (QED) is 0.765. The molecule has 1 aromatic carbocycles. The van der Waals surface area contributed by atoms with Crippen molar-refractivity contribution >= 4 is 5.97 Å². The maximum atomic E-state index is 11.8. The number of hydrogen-bond acceptors (Lipinski definition) is 4. The number of carboxylic acid groups (broad SMARTS) is 1. The standard InChI is InChI=1S/C13H12N2O4/c16-10-4-1-8(2-5-10)12-14-7-9(13(19)15-12)3-6-11(17)18/h1-2,4-5,7,16H,3,6H2,(H,17,18)(H,14,15,19). The monoisotopic (exact) mass is 260 g/mol. The third kappa shape index (κ3) is 3.19. The smallest absolute Gasteiger partial charge is 0.303 e. The number of aromatic hydroxyl groups is 1. The van der Waals surface area contributed by atoms with E-state index in [2.05, 4.69) is 9.97 Å². The molecule has 1 aromatic heterocycles. The molecule has 6 nitrogen and oxygen atoms in total. The van der Waals surface area contributed by atoms with Crippen molar-refractivity contribution in [1.29, 1.82) is 0 Å². The molecule has 0 spiro atoms. The third-order valence-electron chi connectivity index (χ3n) is 2.62. The van der Waals surface area contributed by atoms with Crippen LogP contribution in [0.15, 0.2) is 35.3 Å². The van der Waals surface area contributed by atoms with Crippen LogP contribution in [0.4, 0.5) is 0 Å². The topological polar surface area (TPSA) is 103 Å². The van der Waals surface area contributed by atoms with Gasteiger partial charge < -0.3 is 15.2 Å². The summed E-state index contributed by atoms with van der Waals surface area (Å²) in [6.45, 7) is 0. The zero-order valence-electron chi connectivity index (χ0n) is 9.96. The predicted octanol–water partition coefficient (Wildman–Crippen LogP) is 1.16. The first kappa shape index (κ1) is 12.8. The summed E-state index contributed by atoms with van der Waals surface area (Å²) in [4.78, 5) is 28.9. The number of aliphatic carboxylic acids is 1. The molecule has 0 radical (unpaired) electrons. The van der Waals surface area contributed by atoms with Crippen LogP contribution in [0, 0.1) is 0 Å². The fourth-order valence-electron chi connectivity index (χ4n) is 1.61. The van der Waals surface area contributed by atoms with Crippen LogP contribution in [0.5, 0.6) is 5.75 Å². The van der Waals surface area contributed by atoms with Gasteiger partial charge in [0.2, 0.25) is 0 Å². The number of aryl methyl sites for hydroxylation is 1. The Kier molecular flexibility index (Phi) is 3.61. The van der Waals surface area contributed by atoms with Crippen LogP contribution in [-0.4, -0.2) is 26.2 Å². The molecule has 0 aliphatic heterocycles. The molecule has 0 fully saturated rings. The lowest BCUT2D eigenvalue weighted by Crippen LogP contribution is -2.15. The number of nitrogens with zero attached hydrogens (tertiary/aromatic N) is 1. The highest BCUT2D eigenvalue weighted by Gasteiger charge is 2.06. The van der Waals surface area contributed by atoms with Crippen molar-refractivity contribution in [2.75, 3.05) is 0 Å². The molecule has 1 heterocycles. The number of carbonyl (C=O) groups is 1. The van der Waals surface area contributed by atoms with Crippen molar-refractivity contribution in [2.24, 2.45) is 0 Å². The number of phenols is 1. The third-order valence-corrected chi connectivity index (χ3v) is 2.62. The Morgan fingerprint density at radius 1 is 1.26 bits per heavy atom. The molecule has 6 heteroatoms. The van der Waals surface area contributed by atoms with Gasteiger partial charge in [0, 0.05) is 23.7 Å². The Hall–Kier alpha value is -2.63. The molecule has 0 unspecified atom stereocenters. The van der Waals surface area contributed by atoms with Crippen LogP contribution >= 0.6 is 0 Å². The van der Waals surface area contributed by atoms with Crippen LogP contribution in [0.25, 0.3) is 11.4 Å². The largest absolute Gasteiger partial charge is 0.508 e. The van der Waals surface area contributed by atoms with E-state index >= 15 is 0 Å². The molecule has 0 saturated carbocycles. The van der Waals surface area contributed by atoms with Gasteiger partial charge in [-0.2, -0.15) is 0 Å². The van der Waals surface area contributed by atoms with Gasteiger partial charge in [0.1, 0.15) is 11.6 Å². The maximum absolute atomic E-state index is 11.8. The van der Waals surface area contributed by atoms with Crippen molar-refractivity contribution in [2.45, 2.75) is 12.8 Å². The van der Waals surface area contributed by atoms with Crippen molar-refractivity contribution in [3.63, 3.8) is 0 Å². The second kappa shape index (κ2) is 5.34. The molecule has 2 rings (SSSR count). The van der Waals surface area contributed by atoms with Gasteiger partial charge in [-0.15, -0.1) is 0 Å². The van der Waals surface area contributed by atoms with Crippen LogP contribution in [0.2, 0.25) is 0 Å². The SMILES string of the molecule is O=C(O)CCc1cnc(-c2ccc(O)cc2)[nH]c1=O. The number of H-pyrrole nitrogens is 1. The summed E-state index contributed by atoms with van der Waals surface area (Å²) < 4.78 is 0. The summed E-state index contributed by atoms with van der Waals surface area (Å²) in [7, 11) is 0. The van der Waals surface area contributed by atoms with E-state index < -0.39 is 5.97 Å². The van der Waals surface area contributed by atoms with Crippen LogP contribution in [0.3, 0.4) is 0 Å². The minimum atomic E-state index is -0.956. The lowest BCUT2D eigenvalue weighted by molar-refractivity contribution is -0.136. The fraction of sp³-hybridized carbons (Fsp3) is 0.154. The molecule has 0 bridgehead atoms. The average Bonchev–Trinajstić information content (AvgIpc) is 2.38. The highest BCUT2D eigenvalue weighted by atomic mass is 16.4. The molecular weight excluding hydrogens is 248 g/mol. The number of benzene rings is 1. The first-order valence-corrected chi connectivity index (χ1v) is 5.65. The number of aromatic amines is 1. The lowest BCUT2D eigenvalue weighted by Gasteiger charge is -2.02. The van der Waals surface area contributed by atoms with Crippen molar-refractivity contribution in [3.8, 4) is 17.1 Å². The summed E-state index contributed by atoms with van der Waals surface area (Å²) in [5.41, 5.74) is 0.656. The highest BCUT2D eigenvalue weighted by molar-refractivity contribution is 5.67. The van der Waals surface area contributed by atoms with Gasteiger partial charge in [-0.25, -0.2) is 4.98 Å². The number of nitrogens with one attached hydrogen (secondary N) is 1. The zero-order chi connectivity index (χ0) is 13.8. The Balaban J connectivity index is 2.26. The fourth-order valence-corrected chi connectivity index (χ4v) is 1.61. The minimum Gasteiger partial charge on any atom is -0.508 e. The Bertz CT molecular complexity index is 646. The zero-order valence-corrected chi connectivity index (χ0v) is 9.96. The van der Waals surface area contributed by atoms with E-state index in [0.717, 1.165) is 0 Å². The summed E-state index contributed by atoms with van der Waals surface area (Å²) in [5.74, 6) is -0.449. The second-order valence-electron chi connectivity index (χ2n) is 4.03. The van der Waals surface area contributed by atoms with E-state index in [1.165, 1.54) is 18.3 Å². The number of hydrogen-bond donors (Lipinski definition) is 3. The Morgan fingerprint density at radius 3 is 2.53 bits per heavy atom. The van der Waals surface area contributed by atoms with Gasteiger partial charge in [0.25, 0.3) is 5.56 Å². The molecule has 0 aliphatic carbocycles. The van der Waals surface area contributed by atoms with Gasteiger partial charge >= 0.3 is 5.97 Å². The van der Waals surface area contributed by atoms with E-state index in [1.807, 2.05) is 0 Å². The summed E-state index contributed by atoms with van der Waals surface area (Å²) in [6, 6.07) is 6.25. The van der Waals surface area contributed by atoms with E-state index in [1.54, 1.807) is 12.1 Å². The maximum Gasteiger partial charge on any atom is 0.303 e. The molecule has 2 aromatic rings. The first-order valence-electron chi connectivity index (χ1n) is 5.65. The minimum absolute atomic E-state index is 0.108. The summed E-state index contributed by atoms with van der Waals surface area (Å²) >= 11 is 0. The molecule has 0 amide bonds. The van der Waals surface area contributed by atoms with E-state index in [-0.39, 0.29) is 24.2 Å². The predicted molar refractivity (Wildman–Crippen MR) is 67.9 cm³/mol. The molecular formula is C13H12N2O4. The van der Waals surface area contributed by atoms with Gasteiger partial charge in [-0.3, -0.25) is 9.59 Å². The van der Waals surface area contributed by atoms with Crippen LogP contribution in [-0.2, 0) is 11.2 Å². The summed E-state index contributed by atoms with van der Waals surface area (Å²) in [6.07, 6.45) is 1.42. The number of aromatic nitrogens is 2. The van der Waals surface area contributed by atoms with Crippen molar-refractivity contribution in [3.05, 3.63) is 46.4 Å². The van der Waals surface area contributed by atoms with Crippen LogP contribution in [0.1, 0.15) is 12.0 Å². The summed E-state index contributed by atoms with van der Waals surface area (Å²) in [5, 5.41) is 17.7. The number of rotatable bonds is 4. The molecule has 19 heavy (non-hydrogen) atoms. The lowest BCUT2D eigenvalue weighted by atomic mass is 10.1. The van der Waals surface area contributed by atoms with Gasteiger partial charge in [0.05, 0.1) is 0 Å². The Labute approximate surface area is 108 Å². The van der Waals surface area contributed by atoms with Crippen molar-refractivity contribution < 1.29 is 15.0 Å². The van der Waals surface area contributed by atoms with Gasteiger partial charge in [-0.1, -0.05) is 0 Å². The van der Waals surface area contributed by atoms with E-state index in [0.29, 0.717) is 17.0 Å².